The summed E-state index contributed by atoms with van der Waals surface area (Å²) in [6, 6.07) is 11.9. The molecule has 1 fully saturated rings. The van der Waals surface area contributed by atoms with Gasteiger partial charge in [0.25, 0.3) is 11.8 Å². The number of carboxylic acid groups (broad SMARTS) is 1. The first kappa shape index (κ1) is 34.0. The lowest BCUT2D eigenvalue weighted by atomic mass is 9.67. The maximum atomic E-state index is 14.3. The summed E-state index contributed by atoms with van der Waals surface area (Å²) in [6.07, 6.45) is 0.528. The molecule has 4 rings (SSSR count). The smallest absolute Gasteiger partial charge is 0.481 e. The van der Waals surface area contributed by atoms with Crippen LogP contribution in [-0.4, -0.2) is 52.1 Å². The number of benzene rings is 2. The van der Waals surface area contributed by atoms with Gasteiger partial charge in [0.15, 0.2) is 0 Å². The van der Waals surface area contributed by atoms with E-state index >= 15 is 0 Å². The summed E-state index contributed by atoms with van der Waals surface area (Å²) in [5, 5.41) is 11.4. The molecule has 2 N–H and O–H groups in total. The topological polar surface area (TPSA) is 108 Å². The number of nitrogens with one attached hydrogen (secondary N) is 1. The highest BCUT2D eigenvalue weighted by atomic mass is 19.4. The zero-order valence-electron chi connectivity index (χ0n) is 26.2. The Kier molecular flexibility index (Phi) is 10.3. The van der Waals surface area contributed by atoms with Gasteiger partial charge in [-0.1, -0.05) is 52.7 Å². The predicted molar refractivity (Wildman–Crippen MR) is 164 cm³/mol. The van der Waals surface area contributed by atoms with Crippen molar-refractivity contribution >= 4 is 23.5 Å². The second kappa shape index (κ2) is 13.6. The zero-order chi connectivity index (χ0) is 33.0. The molecular weight excluding hydrogens is 587 g/mol. The number of aliphatic imine (C=N–C) groups is 1. The molecule has 45 heavy (non-hydrogen) atoms. The van der Waals surface area contributed by atoms with E-state index in [1.807, 2.05) is 24.0 Å². The average molecular weight is 630 g/mol. The van der Waals surface area contributed by atoms with E-state index < -0.39 is 18.0 Å². The van der Waals surface area contributed by atoms with E-state index in [1.165, 1.54) is 24.3 Å². The molecule has 0 bridgehead atoms. The van der Waals surface area contributed by atoms with Crippen molar-refractivity contribution in [3.63, 3.8) is 0 Å². The molecule has 244 valence electrons. The summed E-state index contributed by atoms with van der Waals surface area (Å²) in [7, 11) is 0. The highest BCUT2D eigenvalue weighted by Gasteiger charge is 2.52. The SMILES string of the molecule is CCC[C@H](c1ccc(C(=O)NCCC(=O)O)cc1)N1C(=O)C(c2ccc(OC(F)(F)F)cc2)=NC12CCC(C(C)(C)CC)CC2. The van der Waals surface area contributed by atoms with E-state index in [2.05, 4.69) is 30.8 Å². The van der Waals surface area contributed by atoms with E-state index in [9.17, 15) is 27.6 Å². The first-order valence-electron chi connectivity index (χ1n) is 15.6. The number of nitrogens with zero attached hydrogens (tertiary/aromatic N) is 2. The molecule has 2 amide bonds. The molecule has 0 saturated heterocycles. The molecule has 2 aliphatic rings. The minimum atomic E-state index is -4.82. The summed E-state index contributed by atoms with van der Waals surface area (Å²) < 4.78 is 42.3. The second-order valence-corrected chi connectivity index (χ2v) is 12.6. The normalized spacial score (nSPS) is 21.0. The van der Waals surface area contributed by atoms with Crippen molar-refractivity contribution in [1.29, 1.82) is 0 Å². The van der Waals surface area contributed by atoms with Gasteiger partial charge in [0.1, 0.15) is 17.1 Å². The van der Waals surface area contributed by atoms with Gasteiger partial charge in [0, 0.05) is 17.7 Å². The lowest BCUT2D eigenvalue weighted by Gasteiger charge is -2.48. The van der Waals surface area contributed by atoms with Gasteiger partial charge in [-0.05, 0) is 85.4 Å². The molecule has 11 heteroatoms. The number of amides is 2. The van der Waals surface area contributed by atoms with E-state index in [0.717, 1.165) is 31.2 Å². The molecule has 0 aromatic heterocycles. The molecule has 0 unspecified atom stereocenters. The third kappa shape index (κ3) is 7.86. The first-order valence-corrected chi connectivity index (χ1v) is 15.6. The summed E-state index contributed by atoms with van der Waals surface area (Å²) in [6.45, 7) is 8.77. The highest BCUT2D eigenvalue weighted by Crippen LogP contribution is 2.50. The third-order valence-corrected chi connectivity index (χ3v) is 9.41. The van der Waals surface area contributed by atoms with Crippen LogP contribution in [0.2, 0.25) is 0 Å². The molecule has 1 heterocycles. The van der Waals surface area contributed by atoms with Gasteiger partial charge in [-0.2, -0.15) is 0 Å². The van der Waals surface area contributed by atoms with E-state index in [0.29, 0.717) is 36.3 Å². The Morgan fingerprint density at radius 2 is 1.69 bits per heavy atom. The summed E-state index contributed by atoms with van der Waals surface area (Å²) in [4.78, 5) is 44.7. The Morgan fingerprint density at radius 1 is 1.07 bits per heavy atom. The van der Waals surface area contributed by atoms with Crippen molar-refractivity contribution in [3.05, 3.63) is 65.2 Å². The number of ether oxygens (including phenoxy) is 1. The number of halogens is 3. The van der Waals surface area contributed by atoms with Crippen molar-refractivity contribution in [1.82, 2.24) is 10.2 Å². The van der Waals surface area contributed by atoms with Crippen LogP contribution < -0.4 is 10.1 Å². The van der Waals surface area contributed by atoms with Crippen LogP contribution >= 0.6 is 0 Å². The van der Waals surface area contributed by atoms with Gasteiger partial charge < -0.3 is 20.1 Å². The Bertz CT molecular complexity index is 1400. The monoisotopic (exact) mass is 629 g/mol. The minimum Gasteiger partial charge on any atom is -0.481 e. The number of carbonyl (C=O) groups excluding carboxylic acids is 2. The lowest BCUT2D eigenvalue weighted by molar-refractivity contribution is -0.274. The fraction of sp³-hybridized carbons (Fsp3) is 0.529. The lowest BCUT2D eigenvalue weighted by Crippen LogP contribution is -2.51. The van der Waals surface area contributed by atoms with Gasteiger partial charge in [-0.25, -0.2) is 0 Å². The van der Waals surface area contributed by atoms with Crippen LogP contribution in [0, 0.1) is 11.3 Å². The van der Waals surface area contributed by atoms with Crippen LogP contribution in [0.25, 0.3) is 0 Å². The second-order valence-electron chi connectivity index (χ2n) is 12.6. The Labute approximate surface area is 262 Å². The number of carbonyl (C=O) groups is 3. The average Bonchev–Trinajstić information content (AvgIpc) is 3.26. The van der Waals surface area contributed by atoms with Crippen molar-refractivity contribution in [2.45, 2.75) is 97.1 Å². The number of rotatable bonds is 12. The third-order valence-electron chi connectivity index (χ3n) is 9.41. The molecule has 2 aromatic carbocycles. The van der Waals surface area contributed by atoms with Crippen LogP contribution in [0.3, 0.4) is 0 Å². The first-order chi connectivity index (χ1) is 21.2. The molecule has 2 aromatic rings. The van der Waals surface area contributed by atoms with Crippen molar-refractivity contribution in [2.24, 2.45) is 16.3 Å². The van der Waals surface area contributed by atoms with Crippen molar-refractivity contribution in [3.8, 4) is 5.75 Å². The van der Waals surface area contributed by atoms with Gasteiger partial charge in [-0.15, -0.1) is 13.2 Å². The Morgan fingerprint density at radius 3 is 2.22 bits per heavy atom. The fourth-order valence-electron chi connectivity index (χ4n) is 6.51. The standard InChI is InChI=1S/C34H42F3N3O5/c1-5-7-27(22-8-10-24(11-9-22)30(43)38-21-18-28(41)42)40-31(44)29(23-12-14-26(15-13-23)45-34(35,36)37)39-33(40)19-16-25(17-20-33)32(3,4)6-2/h8-15,25,27H,5-7,16-21H2,1-4H3,(H,38,43)(H,41,42)/t25?,27-,33?/m1/s1. The van der Waals surface area contributed by atoms with Gasteiger partial charge in [-0.3, -0.25) is 19.4 Å². The van der Waals surface area contributed by atoms with Gasteiger partial charge in [0.2, 0.25) is 0 Å². The number of alkyl halides is 3. The molecule has 8 nitrogen and oxygen atoms in total. The number of aliphatic carboxylic acids is 1. The number of hydrogen-bond donors (Lipinski definition) is 2. The summed E-state index contributed by atoms with van der Waals surface area (Å²) >= 11 is 0. The Balaban J connectivity index is 1.67. The van der Waals surface area contributed by atoms with Gasteiger partial charge >= 0.3 is 12.3 Å². The van der Waals surface area contributed by atoms with Gasteiger partial charge in [0.05, 0.1) is 12.5 Å². The molecule has 1 saturated carbocycles. The predicted octanol–water partition coefficient (Wildman–Crippen LogP) is 7.29. The van der Waals surface area contributed by atoms with Crippen LogP contribution in [0.1, 0.15) is 107 Å². The van der Waals surface area contributed by atoms with E-state index in [4.69, 9.17) is 10.1 Å². The van der Waals surface area contributed by atoms with Crippen LogP contribution in [-0.2, 0) is 9.59 Å². The van der Waals surface area contributed by atoms with Crippen LogP contribution in [0.15, 0.2) is 53.5 Å². The summed E-state index contributed by atoms with van der Waals surface area (Å²) in [5.41, 5.74) is 1.20. The molecule has 0 radical (unpaired) electrons. The summed E-state index contributed by atoms with van der Waals surface area (Å²) in [5.74, 6) is -1.57. The molecule has 1 aliphatic heterocycles. The van der Waals surface area contributed by atoms with Crippen LogP contribution in [0.5, 0.6) is 5.75 Å². The van der Waals surface area contributed by atoms with Crippen molar-refractivity contribution in [2.75, 3.05) is 6.54 Å². The fourth-order valence-corrected chi connectivity index (χ4v) is 6.51. The Hall–Kier alpha value is -3.89. The number of hydrogen-bond acceptors (Lipinski definition) is 5. The number of carboxylic acids is 1. The highest BCUT2D eigenvalue weighted by molar-refractivity contribution is 6.46. The minimum absolute atomic E-state index is 0.0123. The quantitative estimate of drug-likeness (QED) is 0.257. The van der Waals surface area contributed by atoms with Crippen molar-refractivity contribution < 1.29 is 37.4 Å². The molecule has 1 spiro atoms. The molecule has 1 aliphatic carbocycles. The largest absolute Gasteiger partial charge is 0.573 e. The molecular formula is C34H42F3N3O5. The molecule has 1 atom stereocenters. The van der Waals surface area contributed by atoms with Crippen LogP contribution in [0.4, 0.5) is 13.2 Å². The van der Waals surface area contributed by atoms with E-state index in [1.54, 1.807) is 12.1 Å². The maximum absolute atomic E-state index is 14.3. The zero-order valence-corrected chi connectivity index (χ0v) is 26.2. The maximum Gasteiger partial charge on any atom is 0.573 e. The van der Waals surface area contributed by atoms with E-state index in [-0.39, 0.29) is 47.7 Å².